The van der Waals surface area contributed by atoms with Gasteiger partial charge in [0.1, 0.15) is 0 Å². The molecule has 3 rings (SSSR count). The van der Waals surface area contributed by atoms with Crippen LogP contribution in [-0.2, 0) is 19.4 Å². The second kappa shape index (κ2) is 6.80. The highest BCUT2D eigenvalue weighted by Gasteiger charge is 2.28. The van der Waals surface area contributed by atoms with Gasteiger partial charge in [-0.3, -0.25) is 4.79 Å². The smallest absolute Gasteiger partial charge is 0.271 e. The van der Waals surface area contributed by atoms with Gasteiger partial charge in [0, 0.05) is 35.9 Å². The SMILES string of the molecule is C=S(C)c1ccc(Cc2ccc3c(c2)c(C(C)(F)F)cc(=O)n3C)cc1. The molecule has 0 aliphatic carbocycles. The van der Waals surface area contributed by atoms with E-state index in [9.17, 15) is 13.6 Å². The van der Waals surface area contributed by atoms with Crippen molar-refractivity contribution in [2.45, 2.75) is 24.2 Å². The number of pyridine rings is 1. The Morgan fingerprint density at radius 2 is 1.69 bits per heavy atom. The number of rotatable bonds is 4. The highest BCUT2D eigenvalue weighted by Crippen LogP contribution is 2.32. The average Bonchev–Trinajstić information content (AvgIpc) is 2.57. The maximum atomic E-state index is 14.0. The van der Waals surface area contributed by atoms with Gasteiger partial charge in [0.15, 0.2) is 0 Å². The van der Waals surface area contributed by atoms with Gasteiger partial charge in [-0.1, -0.05) is 24.1 Å². The van der Waals surface area contributed by atoms with Crippen LogP contribution in [0, 0.1) is 0 Å². The van der Waals surface area contributed by atoms with Crippen molar-refractivity contribution in [3.63, 3.8) is 0 Å². The Labute approximate surface area is 154 Å². The van der Waals surface area contributed by atoms with Crippen LogP contribution in [0.15, 0.2) is 58.2 Å². The van der Waals surface area contributed by atoms with Crippen molar-refractivity contribution in [3.05, 3.63) is 75.6 Å². The number of hydrogen-bond donors (Lipinski definition) is 0. The molecule has 1 heterocycles. The summed E-state index contributed by atoms with van der Waals surface area (Å²) in [6.07, 6.45) is 2.71. The fourth-order valence-corrected chi connectivity index (χ4v) is 3.66. The molecule has 1 atom stereocenters. The maximum Gasteiger partial charge on any atom is 0.271 e. The summed E-state index contributed by atoms with van der Waals surface area (Å²) in [5.41, 5.74) is 1.90. The molecule has 0 saturated carbocycles. The summed E-state index contributed by atoms with van der Waals surface area (Å²) in [6.45, 7) is 0.827. The van der Waals surface area contributed by atoms with Gasteiger partial charge >= 0.3 is 0 Å². The Morgan fingerprint density at radius 3 is 2.27 bits per heavy atom. The van der Waals surface area contributed by atoms with Crippen LogP contribution in [-0.4, -0.2) is 16.7 Å². The third-order valence-corrected chi connectivity index (χ3v) is 5.59. The predicted octanol–water partition coefficient (Wildman–Crippen LogP) is 4.93. The van der Waals surface area contributed by atoms with Gasteiger partial charge in [0.05, 0.1) is 5.52 Å². The van der Waals surface area contributed by atoms with Crippen molar-refractivity contribution in [1.29, 1.82) is 0 Å². The number of nitrogens with zero attached hydrogens (tertiary/aromatic N) is 1. The van der Waals surface area contributed by atoms with Crippen LogP contribution >= 0.6 is 10.5 Å². The normalized spacial score (nSPS) is 13.1. The lowest BCUT2D eigenvalue weighted by Crippen LogP contribution is -2.21. The number of aromatic nitrogens is 1. The second-order valence-electron chi connectivity index (χ2n) is 6.65. The van der Waals surface area contributed by atoms with Crippen LogP contribution in [0.3, 0.4) is 0 Å². The molecule has 0 fully saturated rings. The molecule has 1 unspecified atom stereocenters. The first-order chi connectivity index (χ1) is 12.2. The lowest BCUT2D eigenvalue weighted by molar-refractivity contribution is 0.0189. The van der Waals surface area contributed by atoms with E-state index in [0.717, 1.165) is 24.1 Å². The van der Waals surface area contributed by atoms with Gasteiger partial charge in [-0.2, -0.15) is 10.5 Å². The van der Waals surface area contributed by atoms with E-state index in [0.29, 0.717) is 17.3 Å². The van der Waals surface area contributed by atoms with Gasteiger partial charge in [0.25, 0.3) is 11.5 Å². The van der Waals surface area contributed by atoms with Crippen molar-refractivity contribution in [3.8, 4) is 0 Å². The zero-order valence-corrected chi connectivity index (χ0v) is 15.9. The van der Waals surface area contributed by atoms with Crippen molar-refractivity contribution < 1.29 is 8.78 Å². The molecule has 5 heteroatoms. The Balaban J connectivity index is 2.07. The molecule has 26 heavy (non-hydrogen) atoms. The molecule has 0 saturated heterocycles. The standard InChI is InChI=1S/C21H21F2NOS/c1-21(22,23)18-13-20(25)24(2)19-10-7-15(12-17(18)19)11-14-5-8-16(9-6-14)26(3)4/h5-10,12-13H,3,11H2,1-2,4H3. The molecule has 1 aromatic heterocycles. The number of hydrogen-bond acceptors (Lipinski definition) is 1. The van der Waals surface area contributed by atoms with Crippen LogP contribution in [0.2, 0.25) is 0 Å². The lowest BCUT2D eigenvalue weighted by Gasteiger charge is -2.16. The topological polar surface area (TPSA) is 22.0 Å². The van der Waals surface area contributed by atoms with E-state index in [2.05, 4.69) is 24.3 Å². The monoisotopic (exact) mass is 373 g/mol. The molecule has 0 spiro atoms. The minimum absolute atomic E-state index is 0.0360. The van der Waals surface area contributed by atoms with Gasteiger partial charge < -0.3 is 4.57 Å². The van der Waals surface area contributed by atoms with E-state index in [1.165, 1.54) is 9.46 Å². The second-order valence-corrected chi connectivity index (χ2v) is 8.40. The quantitative estimate of drug-likeness (QED) is 0.594. The molecule has 0 aliphatic rings. The summed E-state index contributed by atoms with van der Waals surface area (Å²) in [5.74, 6) is 0.961. The summed E-state index contributed by atoms with van der Waals surface area (Å²) < 4.78 is 29.4. The van der Waals surface area contributed by atoms with Crippen LogP contribution < -0.4 is 5.56 Å². The Bertz CT molecular complexity index is 1050. The molecular formula is C21H21F2NOS. The Hall–Kier alpha value is -2.27. The van der Waals surface area contributed by atoms with E-state index in [-0.39, 0.29) is 16.0 Å². The third-order valence-electron chi connectivity index (χ3n) is 4.52. The Kier molecular flexibility index (Phi) is 4.84. The highest BCUT2D eigenvalue weighted by molar-refractivity contribution is 8.13. The van der Waals surface area contributed by atoms with E-state index >= 15 is 0 Å². The molecule has 0 aliphatic heterocycles. The number of alkyl halides is 2. The first-order valence-electron chi connectivity index (χ1n) is 8.22. The van der Waals surface area contributed by atoms with E-state index < -0.39 is 11.5 Å². The molecule has 0 N–H and O–H groups in total. The van der Waals surface area contributed by atoms with Crippen LogP contribution in [0.1, 0.15) is 23.6 Å². The third kappa shape index (κ3) is 3.63. The van der Waals surface area contributed by atoms with Gasteiger partial charge in [-0.15, -0.1) is 0 Å². The molecule has 2 aromatic carbocycles. The summed E-state index contributed by atoms with van der Waals surface area (Å²) in [4.78, 5) is 13.2. The molecular weight excluding hydrogens is 352 g/mol. The molecule has 0 bridgehead atoms. The number of aryl methyl sites for hydroxylation is 1. The minimum Gasteiger partial charge on any atom is -0.311 e. The first kappa shape index (κ1) is 18.5. The number of benzene rings is 2. The average molecular weight is 373 g/mol. The molecule has 0 radical (unpaired) electrons. The Morgan fingerprint density at radius 1 is 1.08 bits per heavy atom. The van der Waals surface area contributed by atoms with E-state index in [1.807, 2.05) is 18.2 Å². The summed E-state index contributed by atoms with van der Waals surface area (Å²) >= 11 is 0. The van der Waals surface area contributed by atoms with Crippen molar-refractivity contribution >= 4 is 27.3 Å². The predicted molar refractivity (Wildman–Crippen MR) is 107 cm³/mol. The van der Waals surface area contributed by atoms with Crippen molar-refractivity contribution in [1.82, 2.24) is 4.57 Å². The molecule has 136 valence electrons. The van der Waals surface area contributed by atoms with Gasteiger partial charge in [-0.05, 0) is 48.1 Å². The summed E-state index contributed by atoms with van der Waals surface area (Å²) in [6, 6.07) is 14.6. The minimum atomic E-state index is -3.07. The zero-order chi connectivity index (χ0) is 19.1. The maximum absolute atomic E-state index is 14.0. The van der Waals surface area contributed by atoms with Crippen LogP contribution in [0.5, 0.6) is 0 Å². The molecule has 2 nitrogen and oxygen atoms in total. The first-order valence-corrected chi connectivity index (χ1v) is 10.0. The lowest BCUT2D eigenvalue weighted by atomic mass is 9.98. The van der Waals surface area contributed by atoms with E-state index in [1.54, 1.807) is 19.2 Å². The van der Waals surface area contributed by atoms with Crippen LogP contribution in [0.4, 0.5) is 8.78 Å². The van der Waals surface area contributed by atoms with Crippen molar-refractivity contribution in [2.24, 2.45) is 7.05 Å². The molecule has 0 amide bonds. The zero-order valence-electron chi connectivity index (χ0n) is 15.1. The van der Waals surface area contributed by atoms with Gasteiger partial charge in [-0.25, -0.2) is 8.78 Å². The molecule has 3 aromatic rings. The van der Waals surface area contributed by atoms with Gasteiger partial charge in [0.2, 0.25) is 0 Å². The van der Waals surface area contributed by atoms with Crippen LogP contribution in [0.25, 0.3) is 10.9 Å². The number of fused-ring (bicyclic) bond motifs is 1. The highest BCUT2D eigenvalue weighted by atomic mass is 32.2. The summed E-state index contributed by atoms with van der Waals surface area (Å²) in [5, 5.41) is 0.418. The fourth-order valence-electron chi connectivity index (χ4n) is 3.06. The fraction of sp³-hybridized carbons (Fsp3) is 0.238. The largest absolute Gasteiger partial charge is 0.311 e. The van der Waals surface area contributed by atoms with E-state index in [4.69, 9.17) is 0 Å². The van der Waals surface area contributed by atoms with Crippen molar-refractivity contribution in [2.75, 3.05) is 6.26 Å². The number of halogens is 2. The summed E-state index contributed by atoms with van der Waals surface area (Å²) in [7, 11) is 1.56.